The van der Waals surface area contributed by atoms with Crippen LogP contribution in [-0.4, -0.2) is 57.7 Å². The first-order valence-electron chi connectivity index (χ1n) is 4.16. The summed E-state index contributed by atoms with van der Waals surface area (Å²) < 4.78 is 22.5. The van der Waals surface area contributed by atoms with E-state index in [0.29, 0.717) is 0 Å². The van der Waals surface area contributed by atoms with Gasteiger partial charge in [-0.15, -0.1) is 0 Å². The van der Waals surface area contributed by atoms with Crippen LogP contribution in [0.5, 0.6) is 0 Å². The van der Waals surface area contributed by atoms with Crippen molar-refractivity contribution in [3.8, 4) is 0 Å². The molecule has 0 aromatic heterocycles. The van der Waals surface area contributed by atoms with Gasteiger partial charge in [-0.2, -0.15) is 0 Å². The summed E-state index contributed by atoms with van der Waals surface area (Å²) in [6, 6.07) is -2.25. The van der Waals surface area contributed by atoms with E-state index in [-0.39, 0.29) is 20.4 Å². The summed E-state index contributed by atoms with van der Waals surface area (Å²) in [5.74, 6) is -2.36. The number of aliphatic carboxylic acids is 2. The Morgan fingerprint density at radius 1 is 0.810 bits per heavy atom. The first kappa shape index (κ1) is 36.7. The molecule has 12 heteroatoms. The molecule has 0 bridgehead atoms. The maximum absolute atomic E-state index is 9.65. The van der Waals surface area contributed by atoms with Crippen molar-refractivity contribution in [3.63, 3.8) is 0 Å². The van der Waals surface area contributed by atoms with E-state index in [2.05, 4.69) is 20.0 Å². The van der Waals surface area contributed by atoms with Crippen molar-refractivity contribution in [2.75, 3.05) is 13.2 Å². The molecular formula is C9H14N2O9Re. The monoisotopic (exact) mass is 481 g/mol. The average molecular weight is 480 g/mol. The minimum absolute atomic E-state index is 0. The van der Waals surface area contributed by atoms with Crippen LogP contribution in [0.4, 0.5) is 0 Å². The summed E-state index contributed by atoms with van der Waals surface area (Å²) in [7, 11) is 0. The van der Waals surface area contributed by atoms with Gasteiger partial charge >= 0.3 is 45.8 Å². The van der Waals surface area contributed by atoms with E-state index in [1.165, 1.54) is 0 Å². The third-order valence-corrected chi connectivity index (χ3v) is 1.03. The summed E-state index contributed by atoms with van der Waals surface area (Å²) in [6.07, 6.45) is 0. The van der Waals surface area contributed by atoms with Crippen LogP contribution in [0.2, 0.25) is 0 Å². The first-order chi connectivity index (χ1) is 9.36. The average Bonchev–Trinajstić information content (AvgIpc) is 2.51. The van der Waals surface area contributed by atoms with Crippen LogP contribution in [0.1, 0.15) is 0 Å². The van der Waals surface area contributed by atoms with Gasteiger partial charge < -0.3 is 31.9 Å². The fourth-order valence-corrected chi connectivity index (χ4v) is 0.156. The fourth-order valence-electron chi connectivity index (χ4n) is 0.156. The normalized spacial score (nSPS) is 9.24. The topological polar surface area (TPSA) is 227 Å². The molecule has 0 aliphatic heterocycles. The Labute approximate surface area is 133 Å². The minimum Gasteiger partial charge on any atom is 0 e. The van der Waals surface area contributed by atoms with Gasteiger partial charge in [0.05, 0.1) is 13.2 Å². The predicted molar refractivity (Wildman–Crippen MR) is 57.2 cm³/mol. The molecule has 0 amide bonds. The second-order valence-electron chi connectivity index (χ2n) is 2.25. The molecule has 1 radical (unpaired) electrons. The van der Waals surface area contributed by atoms with Crippen molar-refractivity contribution in [1.82, 2.24) is 0 Å². The summed E-state index contributed by atoms with van der Waals surface area (Å²) in [5, 5.41) is 31.8. The van der Waals surface area contributed by atoms with Gasteiger partial charge in [0.2, 0.25) is 0 Å². The second kappa shape index (κ2) is 36.3. The molecule has 21 heavy (non-hydrogen) atoms. The molecule has 2 atom stereocenters. The number of carbonyl (C=O) groups is 2. The molecule has 0 aromatic carbocycles. The van der Waals surface area contributed by atoms with Crippen molar-refractivity contribution < 1.29 is 64.4 Å². The Bertz CT molecular complexity index is 258. The second-order valence-corrected chi connectivity index (χ2v) is 2.25. The van der Waals surface area contributed by atoms with E-state index in [9.17, 15) is 9.59 Å². The molecule has 0 fully saturated rings. The Morgan fingerprint density at radius 3 is 0.952 bits per heavy atom. The molecule has 0 saturated heterocycles. The Hall–Kier alpha value is -1.34. The number of aliphatic hydroxyl groups excluding tert-OH is 2. The standard InChI is InChI=1S/2C3H7NO3.3CO.Re/c2*4-2(1-5)3(6)7;3*1-2;/h2*2,5H,1,4H2,(H,6,7);;;;/t2*2-;;;;/m11..../s1. The van der Waals surface area contributed by atoms with Crippen LogP contribution in [0.15, 0.2) is 0 Å². The molecule has 121 valence electrons. The largest absolute Gasteiger partial charge is 0 e. The van der Waals surface area contributed by atoms with E-state index in [1.807, 2.05) is 0 Å². The Morgan fingerprint density at radius 2 is 0.952 bits per heavy atom. The smallest absolute Gasteiger partial charge is 0 e. The van der Waals surface area contributed by atoms with E-state index >= 15 is 0 Å². The molecule has 0 unspecified atom stereocenters. The van der Waals surface area contributed by atoms with Crippen LogP contribution >= 0.6 is 0 Å². The van der Waals surface area contributed by atoms with E-state index in [1.54, 1.807) is 0 Å². The van der Waals surface area contributed by atoms with Gasteiger partial charge in [-0.3, -0.25) is 9.59 Å². The SMILES string of the molecule is N[C@H](CO)C(=O)O.N[C@H](CO)C(=O)O.[C-]#[O+].[C-]#[O+].[C-]#[O+].[Re]. The maximum Gasteiger partial charge on any atom is 0 e. The van der Waals surface area contributed by atoms with Gasteiger partial charge in [0, 0.05) is 20.4 Å². The number of rotatable bonds is 4. The summed E-state index contributed by atoms with van der Waals surface area (Å²) in [5.41, 5.74) is 9.53. The third-order valence-electron chi connectivity index (χ3n) is 1.03. The van der Waals surface area contributed by atoms with Crippen LogP contribution < -0.4 is 11.5 Å². The van der Waals surface area contributed by atoms with Crippen molar-refractivity contribution in [3.05, 3.63) is 20.0 Å². The van der Waals surface area contributed by atoms with Gasteiger partial charge in [-0.05, 0) is 0 Å². The van der Waals surface area contributed by atoms with Gasteiger partial charge in [-0.1, -0.05) is 0 Å². The van der Waals surface area contributed by atoms with E-state index in [4.69, 9.17) is 45.8 Å². The molecule has 0 rings (SSSR count). The van der Waals surface area contributed by atoms with Crippen molar-refractivity contribution >= 4 is 11.9 Å². The molecule has 0 aliphatic carbocycles. The Balaban J connectivity index is -0.0000000381. The zero-order valence-electron chi connectivity index (χ0n) is 10.4. The minimum atomic E-state index is -1.18. The number of aliphatic hydroxyl groups is 2. The van der Waals surface area contributed by atoms with Crippen LogP contribution in [0.3, 0.4) is 0 Å². The van der Waals surface area contributed by atoms with Crippen LogP contribution in [0, 0.1) is 20.0 Å². The summed E-state index contributed by atoms with van der Waals surface area (Å²) in [6.45, 7) is 12.5. The third kappa shape index (κ3) is 45.6. The zero-order valence-corrected chi connectivity index (χ0v) is 13.1. The number of carboxylic acids is 2. The molecule has 0 spiro atoms. The zero-order chi connectivity index (χ0) is 17.7. The number of hydrogen-bond acceptors (Lipinski definition) is 6. The Kier molecular flexibility index (Phi) is 63.4. The molecule has 0 aromatic rings. The number of nitrogens with two attached hydrogens (primary N) is 2. The fraction of sp³-hybridized carbons (Fsp3) is 0.444. The molecule has 0 aliphatic rings. The molecule has 0 heterocycles. The first-order valence-corrected chi connectivity index (χ1v) is 4.16. The van der Waals surface area contributed by atoms with E-state index < -0.39 is 37.2 Å². The summed E-state index contributed by atoms with van der Waals surface area (Å²) >= 11 is 0. The molecule has 8 N–H and O–H groups in total. The van der Waals surface area contributed by atoms with Gasteiger partial charge in [0.15, 0.2) is 0 Å². The van der Waals surface area contributed by atoms with Crippen molar-refractivity contribution in [1.29, 1.82) is 0 Å². The molecular weight excluding hydrogens is 466 g/mol. The summed E-state index contributed by atoms with van der Waals surface area (Å²) in [4.78, 5) is 19.3. The van der Waals surface area contributed by atoms with Gasteiger partial charge in [0.1, 0.15) is 12.1 Å². The van der Waals surface area contributed by atoms with Crippen molar-refractivity contribution in [2.24, 2.45) is 11.5 Å². The van der Waals surface area contributed by atoms with Gasteiger partial charge in [-0.25, -0.2) is 0 Å². The number of hydrogen-bond donors (Lipinski definition) is 6. The molecule has 11 nitrogen and oxygen atoms in total. The van der Waals surface area contributed by atoms with Crippen molar-refractivity contribution in [2.45, 2.75) is 12.1 Å². The quantitative estimate of drug-likeness (QED) is 0.176. The van der Waals surface area contributed by atoms with Gasteiger partial charge in [0.25, 0.3) is 0 Å². The van der Waals surface area contributed by atoms with Crippen LogP contribution in [-0.2, 0) is 44.0 Å². The predicted octanol–water partition coefficient (Wildman–Crippen LogP) is -3.33. The van der Waals surface area contributed by atoms with E-state index in [0.717, 1.165) is 0 Å². The maximum atomic E-state index is 9.65. The van der Waals surface area contributed by atoms with Crippen LogP contribution in [0.25, 0.3) is 0 Å². The molecule has 0 saturated carbocycles. The number of carboxylic acid groups (broad SMARTS) is 2.